The molecule has 0 radical (unpaired) electrons. The third-order valence-electron chi connectivity index (χ3n) is 2.42. The van der Waals surface area contributed by atoms with E-state index in [0.29, 0.717) is 19.7 Å². The third kappa shape index (κ3) is 4.51. The van der Waals surface area contributed by atoms with Crippen molar-refractivity contribution in [1.29, 1.82) is 0 Å². The molecule has 7 heteroatoms. The van der Waals surface area contributed by atoms with Crippen LogP contribution in [0.4, 0.5) is 0 Å². The fraction of sp³-hybridized carbons (Fsp3) is 1.00. The average Bonchev–Trinajstić information content (AvgIpc) is 2.14. The molecule has 1 rings (SSSR count). The van der Waals surface area contributed by atoms with Crippen LogP contribution in [-0.4, -0.2) is 50.1 Å². The minimum atomic E-state index is -3.46. The van der Waals surface area contributed by atoms with Crippen molar-refractivity contribution in [2.75, 3.05) is 19.7 Å². The summed E-state index contributed by atoms with van der Waals surface area (Å²) in [6.45, 7) is 8.32. The second-order valence-electron chi connectivity index (χ2n) is 5.48. The first-order chi connectivity index (χ1) is 7.62. The highest BCUT2D eigenvalue weighted by Crippen LogP contribution is 2.13. The number of ether oxygens (including phenoxy) is 1. The Morgan fingerprint density at radius 2 is 2.06 bits per heavy atom. The van der Waals surface area contributed by atoms with Crippen LogP contribution in [0.1, 0.15) is 27.7 Å². The summed E-state index contributed by atoms with van der Waals surface area (Å²) in [6, 6.07) is -0.178. The van der Waals surface area contributed by atoms with E-state index in [1.807, 2.05) is 27.7 Å². The number of nitrogens with two attached hydrogens (primary N) is 1. The number of nitrogens with one attached hydrogen (secondary N) is 1. The highest BCUT2D eigenvalue weighted by molar-refractivity contribution is 7.87. The minimum absolute atomic E-state index is 0.178. The van der Waals surface area contributed by atoms with Crippen molar-refractivity contribution in [1.82, 2.24) is 9.03 Å². The van der Waals surface area contributed by atoms with Crippen molar-refractivity contribution in [3.05, 3.63) is 0 Å². The van der Waals surface area contributed by atoms with Crippen LogP contribution in [0.3, 0.4) is 0 Å². The van der Waals surface area contributed by atoms with Gasteiger partial charge >= 0.3 is 0 Å². The molecule has 2 unspecified atom stereocenters. The monoisotopic (exact) mass is 265 g/mol. The van der Waals surface area contributed by atoms with Crippen molar-refractivity contribution < 1.29 is 13.2 Å². The van der Waals surface area contributed by atoms with Gasteiger partial charge in [0, 0.05) is 24.7 Å². The van der Waals surface area contributed by atoms with E-state index >= 15 is 0 Å². The molecule has 0 saturated carbocycles. The van der Waals surface area contributed by atoms with Crippen LogP contribution >= 0.6 is 0 Å². The van der Waals surface area contributed by atoms with Crippen LogP contribution in [0.2, 0.25) is 0 Å². The van der Waals surface area contributed by atoms with Gasteiger partial charge in [0.2, 0.25) is 0 Å². The lowest BCUT2D eigenvalue weighted by Crippen LogP contribution is -2.56. The molecule has 6 nitrogen and oxygen atoms in total. The molecule has 1 aliphatic heterocycles. The fourth-order valence-electron chi connectivity index (χ4n) is 1.64. The molecule has 17 heavy (non-hydrogen) atoms. The van der Waals surface area contributed by atoms with Gasteiger partial charge in [0.05, 0.1) is 12.7 Å². The Morgan fingerprint density at radius 3 is 2.53 bits per heavy atom. The van der Waals surface area contributed by atoms with Crippen LogP contribution < -0.4 is 10.5 Å². The van der Waals surface area contributed by atoms with Crippen LogP contribution in [0, 0.1) is 0 Å². The van der Waals surface area contributed by atoms with Crippen molar-refractivity contribution in [2.45, 2.75) is 45.4 Å². The van der Waals surface area contributed by atoms with E-state index in [2.05, 4.69) is 4.72 Å². The van der Waals surface area contributed by atoms with Crippen molar-refractivity contribution in [3.8, 4) is 0 Å². The molecule has 1 aliphatic rings. The van der Waals surface area contributed by atoms with Crippen LogP contribution in [0.25, 0.3) is 0 Å². The van der Waals surface area contributed by atoms with E-state index in [4.69, 9.17) is 10.5 Å². The molecule has 0 spiro atoms. The molecule has 102 valence electrons. The Bertz CT molecular complexity index is 348. The van der Waals surface area contributed by atoms with Gasteiger partial charge < -0.3 is 10.5 Å². The summed E-state index contributed by atoms with van der Waals surface area (Å²) in [7, 11) is -3.46. The molecule has 0 bridgehead atoms. The molecule has 0 amide bonds. The predicted molar refractivity (Wildman–Crippen MR) is 66.8 cm³/mol. The fourth-order valence-corrected chi connectivity index (χ4v) is 3.20. The lowest BCUT2D eigenvalue weighted by Gasteiger charge is -2.35. The van der Waals surface area contributed by atoms with Gasteiger partial charge in [-0.05, 0) is 27.7 Å². The second kappa shape index (κ2) is 5.19. The van der Waals surface area contributed by atoms with Crippen molar-refractivity contribution in [3.63, 3.8) is 0 Å². The average molecular weight is 265 g/mol. The number of morpholine rings is 1. The van der Waals surface area contributed by atoms with E-state index in [0.717, 1.165) is 0 Å². The van der Waals surface area contributed by atoms with Gasteiger partial charge in [-0.15, -0.1) is 0 Å². The zero-order chi connectivity index (χ0) is 13.3. The first kappa shape index (κ1) is 14.8. The topological polar surface area (TPSA) is 84.7 Å². The van der Waals surface area contributed by atoms with E-state index in [-0.39, 0.29) is 12.1 Å². The quantitative estimate of drug-likeness (QED) is 0.731. The second-order valence-corrected chi connectivity index (χ2v) is 7.15. The zero-order valence-corrected chi connectivity index (χ0v) is 11.8. The summed E-state index contributed by atoms with van der Waals surface area (Å²) in [4.78, 5) is 0. The third-order valence-corrected chi connectivity index (χ3v) is 4.30. The number of hydrogen-bond acceptors (Lipinski definition) is 4. The molecular formula is C10H23N3O3S. The Kier molecular flexibility index (Phi) is 4.54. The number of nitrogens with zero attached hydrogens (tertiary/aromatic N) is 1. The molecule has 3 N–H and O–H groups in total. The number of rotatable bonds is 3. The molecule has 1 saturated heterocycles. The van der Waals surface area contributed by atoms with Gasteiger partial charge in [0.1, 0.15) is 0 Å². The number of hydrogen-bond donors (Lipinski definition) is 2. The van der Waals surface area contributed by atoms with Crippen LogP contribution in [0.15, 0.2) is 0 Å². The molecule has 0 aromatic rings. The van der Waals surface area contributed by atoms with E-state index in [1.165, 1.54) is 4.31 Å². The summed E-state index contributed by atoms with van der Waals surface area (Å²) in [5, 5.41) is 0. The van der Waals surface area contributed by atoms with Gasteiger partial charge in [0.15, 0.2) is 0 Å². The van der Waals surface area contributed by atoms with Gasteiger partial charge in [-0.2, -0.15) is 17.4 Å². The Labute approximate surface area is 104 Å². The molecule has 0 aliphatic carbocycles. The maximum atomic E-state index is 12.1. The molecule has 2 atom stereocenters. The maximum Gasteiger partial charge on any atom is 0.280 e. The summed E-state index contributed by atoms with van der Waals surface area (Å²) < 4.78 is 33.6. The lowest BCUT2D eigenvalue weighted by molar-refractivity contribution is -0.0125. The minimum Gasteiger partial charge on any atom is -0.374 e. The smallest absolute Gasteiger partial charge is 0.280 e. The van der Waals surface area contributed by atoms with Gasteiger partial charge in [-0.1, -0.05) is 0 Å². The van der Waals surface area contributed by atoms with Gasteiger partial charge in [-0.3, -0.25) is 0 Å². The molecule has 1 heterocycles. The summed E-state index contributed by atoms with van der Waals surface area (Å²) in [6.07, 6.45) is -0.236. The first-order valence-corrected chi connectivity index (χ1v) is 7.22. The normalized spacial score (nSPS) is 25.8. The van der Waals surface area contributed by atoms with E-state index < -0.39 is 15.7 Å². The summed E-state index contributed by atoms with van der Waals surface area (Å²) in [5.74, 6) is 0. The van der Waals surface area contributed by atoms with Gasteiger partial charge in [0.25, 0.3) is 10.2 Å². The highest BCUT2D eigenvalue weighted by Gasteiger charge is 2.33. The molecule has 0 aromatic heterocycles. The summed E-state index contributed by atoms with van der Waals surface area (Å²) in [5.41, 5.74) is 5.25. The maximum absolute atomic E-state index is 12.1. The van der Waals surface area contributed by atoms with Crippen molar-refractivity contribution >= 4 is 10.2 Å². The molecular weight excluding hydrogens is 242 g/mol. The highest BCUT2D eigenvalue weighted by atomic mass is 32.2. The Morgan fingerprint density at radius 1 is 1.47 bits per heavy atom. The van der Waals surface area contributed by atoms with Crippen molar-refractivity contribution in [2.24, 2.45) is 5.73 Å². The van der Waals surface area contributed by atoms with Crippen LogP contribution in [-0.2, 0) is 14.9 Å². The Balaban J connectivity index is 2.72. The molecule has 1 fully saturated rings. The lowest BCUT2D eigenvalue weighted by atomic mass is 10.1. The largest absolute Gasteiger partial charge is 0.374 e. The molecule has 0 aromatic carbocycles. The van der Waals surface area contributed by atoms with E-state index in [1.54, 1.807) is 0 Å². The predicted octanol–water partition coefficient (Wildman–Crippen LogP) is -0.333. The zero-order valence-electron chi connectivity index (χ0n) is 10.9. The standard InChI is InChI=1S/C10H23N3O3S/c1-8(11)9-7-13(5-6-16-9)17(14,15)12-10(2,3)4/h8-9,12H,5-7,11H2,1-4H3. The van der Waals surface area contributed by atoms with Gasteiger partial charge in [-0.25, -0.2) is 0 Å². The summed E-state index contributed by atoms with van der Waals surface area (Å²) >= 11 is 0. The Hall–Kier alpha value is -0.210. The van der Waals surface area contributed by atoms with Crippen LogP contribution in [0.5, 0.6) is 0 Å². The van der Waals surface area contributed by atoms with E-state index in [9.17, 15) is 8.42 Å². The first-order valence-electron chi connectivity index (χ1n) is 5.78. The SMILES string of the molecule is CC(N)C1CN(S(=O)(=O)NC(C)(C)C)CCO1.